The Bertz CT molecular complexity index is 519. The lowest BCUT2D eigenvalue weighted by Gasteiger charge is -2.37. The number of nitrogens with one attached hydrogen (secondary N) is 1. The van der Waals surface area contributed by atoms with Crippen LogP contribution < -0.4 is 4.72 Å². The Morgan fingerprint density at radius 2 is 2.00 bits per heavy atom. The molecule has 2 bridgehead atoms. The molecule has 0 aromatic rings. The van der Waals surface area contributed by atoms with Crippen LogP contribution in [0.5, 0.6) is 0 Å². The standard InChI is InChI=1S/C16H28N2O3S/c1-22(20,21)17-11-15-4-2-3-7-18(15)16(19)10-14-9-12-5-6-13(14)8-12/h12-15,17H,2-11H2,1H3/t12-,13-,14+,15+/m0/s1. The smallest absolute Gasteiger partial charge is 0.223 e. The number of amides is 1. The second kappa shape index (κ2) is 6.48. The number of hydrogen-bond acceptors (Lipinski definition) is 3. The highest BCUT2D eigenvalue weighted by molar-refractivity contribution is 7.88. The third-order valence-electron chi connectivity index (χ3n) is 5.85. The molecule has 2 aliphatic carbocycles. The summed E-state index contributed by atoms with van der Waals surface area (Å²) in [6, 6.07) is 0.0366. The molecule has 0 aromatic carbocycles. The van der Waals surface area contributed by atoms with Crippen LogP contribution in [0.25, 0.3) is 0 Å². The molecule has 0 unspecified atom stereocenters. The van der Waals surface area contributed by atoms with Gasteiger partial charge < -0.3 is 4.90 Å². The number of rotatable bonds is 5. The van der Waals surface area contributed by atoms with Crippen molar-refractivity contribution in [1.82, 2.24) is 9.62 Å². The highest BCUT2D eigenvalue weighted by atomic mass is 32.2. The van der Waals surface area contributed by atoms with E-state index in [9.17, 15) is 13.2 Å². The van der Waals surface area contributed by atoms with Gasteiger partial charge in [0.2, 0.25) is 15.9 Å². The van der Waals surface area contributed by atoms with Gasteiger partial charge in [-0.05, 0) is 56.3 Å². The van der Waals surface area contributed by atoms with Crippen LogP contribution in [0.4, 0.5) is 0 Å². The van der Waals surface area contributed by atoms with Gasteiger partial charge in [0.05, 0.1) is 6.26 Å². The number of hydrogen-bond donors (Lipinski definition) is 1. The third-order valence-corrected chi connectivity index (χ3v) is 6.54. The molecular formula is C16H28N2O3S. The minimum absolute atomic E-state index is 0.0366. The number of fused-ring (bicyclic) bond motifs is 2. The molecule has 1 saturated heterocycles. The maximum atomic E-state index is 12.7. The lowest BCUT2D eigenvalue weighted by molar-refractivity contribution is -0.136. The first-order chi connectivity index (χ1) is 10.4. The van der Waals surface area contributed by atoms with E-state index >= 15 is 0 Å². The van der Waals surface area contributed by atoms with Gasteiger partial charge in [0.15, 0.2) is 0 Å². The number of likely N-dealkylation sites (tertiary alicyclic amines) is 1. The fraction of sp³-hybridized carbons (Fsp3) is 0.938. The van der Waals surface area contributed by atoms with E-state index in [-0.39, 0.29) is 11.9 Å². The Balaban J connectivity index is 1.56. The molecule has 1 heterocycles. The molecule has 1 amide bonds. The lowest BCUT2D eigenvalue weighted by Crippen LogP contribution is -2.49. The van der Waals surface area contributed by atoms with Crippen molar-refractivity contribution in [2.75, 3.05) is 19.3 Å². The molecule has 3 fully saturated rings. The molecule has 126 valence electrons. The van der Waals surface area contributed by atoms with Gasteiger partial charge in [-0.15, -0.1) is 0 Å². The summed E-state index contributed by atoms with van der Waals surface area (Å²) in [5, 5.41) is 0. The molecular weight excluding hydrogens is 300 g/mol. The summed E-state index contributed by atoms with van der Waals surface area (Å²) in [5.41, 5.74) is 0. The van der Waals surface area contributed by atoms with E-state index in [0.29, 0.717) is 18.9 Å². The van der Waals surface area contributed by atoms with Gasteiger partial charge in [-0.1, -0.05) is 6.42 Å². The van der Waals surface area contributed by atoms with Crippen LogP contribution in [0.1, 0.15) is 51.4 Å². The van der Waals surface area contributed by atoms with Gasteiger partial charge in [0, 0.05) is 25.6 Å². The molecule has 4 atom stereocenters. The highest BCUT2D eigenvalue weighted by Crippen LogP contribution is 2.49. The summed E-state index contributed by atoms with van der Waals surface area (Å²) in [5.74, 6) is 2.47. The average Bonchev–Trinajstić information content (AvgIpc) is 3.07. The van der Waals surface area contributed by atoms with Crippen LogP contribution in [0.2, 0.25) is 0 Å². The molecule has 22 heavy (non-hydrogen) atoms. The summed E-state index contributed by atoms with van der Waals surface area (Å²) < 4.78 is 25.2. The molecule has 0 spiro atoms. The van der Waals surface area contributed by atoms with Crippen molar-refractivity contribution in [3.63, 3.8) is 0 Å². The van der Waals surface area contributed by atoms with E-state index in [2.05, 4.69) is 4.72 Å². The zero-order valence-electron chi connectivity index (χ0n) is 13.5. The van der Waals surface area contributed by atoms with Gasteiger partial charge in [-0.25, -0.2) is 13.1 Å². The monoisotopic (exact) mass is 328 g/mol. The van der Waals surface area contributed by atoms with Crippen LogP contribution in [0, 0.1) is 17.8 Å². The number of piperidine rings is 1. The molecule has 0 radical (unpaired) electrons. The van der Waals surface area contributed by atoms with Crippen molar-refractivity contribution in [1.29, 1.82) is 0 Å². The first-order valence-corrected chi connectivity index (χ1v) is 10.6. The molecule has 6 heteroatoms. The summed E-state index contributed by atoms with van der Waals surface area (Å²) in [6.45, 7) is 1.15. The predicted octanol–water partition coefficient (Wildman–Crippen LogP) is 1.74. The topological polar surface area (TPSA) is 66.5 Å². The van der Waals surface area contributed by atoms with Crippen molar-refractivity contribution < 1.29 is 13.2 Å². The number of carbonyl (C=O) groups is 1. The van der Waals surface area contributed by atoms with Gasteiger partial charge in [0.1, 0.15) is 0 Å². The molecule has 3 rings (SSSR count). The quantitative estimate of drug-likeness (QED) is 0.836. The summed E-state index contributed by atoms with van der Waals surface area (Å²) >= 11 is 0. The van der Waals surface area contributed by atoms with Crippen molar-refractivity contribution in [2.45, 2.75) is 57.4 Å². The van der Waals surface area contributed by atoms with Crippen molar-refractivity contribution in [2.24, 2.45) is 17.8 Å². The van der Waals surface area contributed by atoms with E-state index in [4.69, 9.17) is 0 Å². The first-order valence-electron chi connectivity index (χ1n) is 8.66. The normalized spacial score (nSPS) is 35.0. The summed E-state index contributed by atoms with van der Waals surface area (Å²) in [4.78, 5) is 14.7. The average molecular weight is 328 g/mol. The Morgan fingerprint density at radius 1 is 1.18 bits per heavy atom. The SMILES string of the molecule is CS(=O)(=O)NC[C@H]1CCCCN1C(=O)C[C@H]1C[C@H]2CC[C@H]1C2. The fourth-order valence-corrected chi connectivity index (χ4v) is 5.25. The minimum Gasteiger partial charge on any atom is -0.338 e. The van der Waals surface area contributed by atoms with Crippen molar-refractivity contribution in [3.05, 3.63) is 0 Å². The van der Waals surface area contributed by atoms with E-state index in [1.165, 1.54) is 31.9 Å². The van der Waals surface area contributed by atoms with E-state index < -0.39 is 10.0 Å². The largest absolute Gasteiger partial charge is 0.338 e. The molecule has 2 saturated carbocycles. The zero-order valence-corrected chi connectivity index (χ0v) is 14.3. The Labute approximate surface area is 133 Å². The Hall–Kier alpha value is -0.620. The number of sulfonamides is 1. The van der Waals surface area contributed by atoms with Crippen LogP contribution >= 0.6 is 0 Å². The van der Waals surface area contributed by atoms with Crippen LogP contribution in [-0.4, -0.2) is 44.6 Å². The summed E-state index contributed by atoms with van der Waals surface area (Å²) in [7, 11) is -3.19. The van der Waals surface area contributed by atoms with E-state index in [1.807, 2.05) is 4.90 Å². The summed E-state index contributed by atoms with van der Waals surface area (Å²) in [6.07, 6.45) is 10.1. The molecule has 0 aromatic heterocycles. The Morgan fingerprint density at radius 3 is 2.64 bits per heavy atom. The van der Waals surface area contributed by atoms with E-state index in [1.54, 1.807) is 0 Å². The number of carbonyl (C=O) groups excluding carboxylic acids is 1. The van der Waals surface area contributed by atoms with Crippen molar-refractivity contribution >= 4 is 15.9 Å². The zero-order chi connectivity index (χ0) is 15.7. The molecule has 1 aliphatic heterocycles. The maximum Gasteiger partial charge on any atom is 0.223 e. The van der Waals surface area contributed by atoms with Crippen LogP contribution in [0.15, 0.2) is 0 Å². The third kappa shape index (κ3) is 3.82. The van der Waals surface area contributed by atoms with Gasteiger partial charge in [-0.3, -0.25) is 4.79 Å². The molecule has 3 aliphatic rings. The first kappa shape index (κ1) is 16.2. The van der Waals surface area contributed by atoms with E-state index in [0.717, 1.165) is 37.6 Å². The second-order valence-corrected chi connectivity index (χ2v) is 9.33. The highest BCUT2D eigenvalue weighted by Gasteiger charge is 2.41. The maximum absolute atomic E-state index is 12.7. The molecule has 1 N–H and O–H groups in total. The fourth-order valence-electron chi connectivity index (χ4n) is 4.76. The molecule has 5 nitrogen and oxygen atoms in total. The second-order valence-electron chi connectivity index (χ2n) is 7.50. The predicted molar refractivity (Wildman–Crippen MR) is 85.8 cm³/mol. The van der Waals surface area contributed by atoms with Crippen LogP contribution in [-0.2, 0) is 14.8 Å². The van der Waals surface area contributed by atoms with Gasteiger partial charge in [-0.2, -0.15) is 0 Å². The lowest BCUT2D eigenvalue weighted by atomic mass is 9.85. The Kier molecular flexibility index (Phi) is 4.78. The number of nitrogens with zero attached hydrogens (tertiary/aromatic N) is 1. The van der Waals surface area contributed by atoms with Gasteiger partial charge >= 0.3 is 0 Å². The minimum atomic E-state index is -3.19. The van der Waals surface area contributed by atoms with Crippen LogP contribution in [0.3, 0.4) is 0 Å². The van der Waals surface area contributed by atoms with Gasteiger partial charge in [0.25, 0.3) is 0 Å². The van der Waals surface area contributed by atoms with Crippen molar-refractivity contribution in [3.8, 4) is 0 Å².